The summed E-state index contributed by atoms with van der Waals surface area (Å²) in [4.78, 5) is 16.9. The number of aromatic nitrogens is 2. The van der Waals surface area contributed by atoms with Crippen LogP contribution < -0.4 is 15.7 Å². The molecule has 0 radical (unpaired) electrons. The van der Waals surface area contributed by atoms with Crippen molar-refractivity contribution in [3.8, 4) is 5.75 Å². The number of ether oxygens (including phenoxy) is 1. The lowest BCUT2D eigenvalue weighted by Gasteiger charge is -2.23. The van der Waals surface area contributed by atoms with E-state index >= 15 is 0 Å². The molecule has 0 spiro atoms. The number of hydrogen-bond donors (Lipinski definition) is 4. The van der Waals surface area contributed by atoms with Gasteiger partial charge in [-0.3, -0.25) is 0 Å². The lowest BCUT2D eigenvalue weighted by molar-refractivity contribution is 0.101. The zero-order valence-corrected chi connectivity index (χ0v) is 14.1. The van der Waals surface area contributed by atoms with Crippen molar-refractivity contribution in [1.82, 2.24) is 15.3 Å². The van der Waals surface area contributed by atoms with E-state index in [2.05, 4.69) is 15.3 Å². The number of benzene rings is 1. The summed E-state index contributed by atoms with van der Waals surface area (Å²) < 4.78 is 5.63. The SMILES string of the molecule is Cc1ccc(OCC(O)CNC(C)(C)C)c2[nH]c(=O)[nH]c12.Cl. The molecule has 1 atom stereocenters. The van der Waals surface area contributed by atoms with Crippen molar-refractivity contribution in [3.63, 3.8) is 0 Å². The number of imidazole rings is 1. The highest BCUT2D eigenvalue weighted by Gasteiger charge is 2.14. The lowest BCUT2D eigenvalue weighted by atomic mass is 10.1. The molecular weight excluding hydrogens is 306 g/mol. The molecule has 0 saturated heterocycles. The summed E-state index contributed by atoms with van der Waals surface area (Å²) in [6, 6.07) is 3.67. The molecule has 0 amide bonds. The highest BCUT2D eigenvalue weighted by atomic mass is 35.5. The van der Waals surface area contributed by atoms with E-state index in [4.69, 9.17) is 4.74 Å². The molecule has 4 N–H and O–H groups in total. The van der Waals surface area contributed by atoms with Gasteiger partial charge >= 0.3 is 5.69 Å². The van der Waals surface area contributed by atoms with Crippen LogP contribution in [0.25, 0.3) is 11.0 Å². The van der Waals surface area contributed by atoms with Crippen molar-refractivity contribution in [3.05, 3.63) is 28.2 Å². The minimum absolute atomic E-state index is 0. The summed E-state index contributed by atoms with van der Waals surface area (Å²) in [6.45, 7) is 8.63. The summed E-state index contributed by atoms with van der Waals surface area (Å²) in [5.74, 6) is 0.559. The van der Waals surface area contributed by atoms with E-state index in [-0.39, 0.29) is 30.2 Å². The van der Waals surface area contributed by atoms with E-state index in [0.717, 1.165) is 11.1 Å². The average molecular weight is 330 g/mol. The van der Waals surface area contributed by atoms with Gasteiger partial charge in [-0.05, 0) is 39.3 Å². The highest BCUT2D eigenvalue weighted by Crippen LogP contribution is 2.24. The quantitative estimate of drug-likeness (QED) is 0.672. The van der Waals surface area contributed by atoms with Crippen LogP contribution in [0.2, 0.25) is 0 Å². The van der Waals surface area contributed by atoms with Crippen LogP contribution in [-0.2, 0) is 0 Å². The van der Waals surface area contributed by atoms with Crippen molar-refractivity contribution >= 4 is 23.4 Å². The Kier molecular flexibility index (Phi) is 6.05. The Hall–Kier alpha value is -1.50. The van der Waals surface area contributed by atoms with Crippen molar-refractivity contribution in [2.75, 3.05) is 13.2 Å². The van der Waals surface area contributed by atoms with Gasteiger partial charge in [0.25, 0.3) is 0 Å². The van der Waals surface area contributed by atoms with E-state index in [1.807, 2.05) is 33.8 Å². The number of hydrogen-bond acceptors (Lipinski definition) is 4. The van der Waals surface area contributed by atoms with E-state index < -0.39 is 6.10 Å². The summed E-state index contributed by atoms with van der Waals surface area (Å²) in [5.41, 5.74) is 2.02. The van der Waals surface area contributed by atoms with Gasteiger partial charge in [0.2, 0.25) is 0 Å². The van der Waals surface area contributed by atoms with E-state index in [9.17, 15) is 9.90 Å². The van der Waals surface area contributed by atoms with Crippen LogP contribution in [0, 0.1) is 6.92 Å². The minimum atomic E-state index is -0.619. The first kappa shape index (κ1) is 18.5. The molecule has 1 aromatic heterocycles. The second-order valence-corrected chi connectivity index (χ2v) is 6.31. The van der Waals surface area contributed by atoms with Crippen LogP contribution in [0.5, 0.6) is 5.75 Å². The van der Waals surface area contributed by atoms with Gasteiger partial charge in [-0.1, -0.05) is 6.07 Å². The molecular formula is C15H24ClN3O3. The van der Waals surface area contributed by atoms with Gasteiger partial charge in [0.05, 0.1) is 5.52 Å². The number of aromatic amines is 2. The van der Waals surface area contributed by atoms with Gasteiger partial charge in [0.1, 0.15) is 24.0 Å². The van der Waals surface area contributed by atoms with Crippen molar-refractivity contribution in [2.45, 2.75) is 39.3 Å². The molecule has 124 valence electrons. The summed E-state index contributed by atoms with van der Waals surface area (Å²) in [7, 11) is 0. The molecule has 0 fully saturated rings. The molecule has 1 heterocycles. The van der Waals surface area contributed by atoms with Crippen LogP contribution in [0.3, 0.4) is 0 Å². The first-order chi connectivity index (χ1) is 9.76. The molecule has 6 nitrogen and oxygen atoms in total. The number of rotatable bonds is 5. The molecule has 1 aromatic carbocycles. The third-order valence-corrected chi connectivity index (χ3v) is 3.15. The predicted molar refractivity (Wildman–Crippen MR) is 90.2 cm³/mol. The number of aryl methyl sites for hydroxylation is 1. The number of nitrogens with one attached hydrogen (secondary N) is 3. The van der Waals surface area contributed by atoms with Gasteiger partial charge in [-0.15, -0.1) is 12.4 Å². The topological polar surface area (TPSA) is 90.1 Å². The molecule has 0 aliphatic carbocycles. The van der Waals surface area contributed by atoms with Gasteiger partial charge in [0.15, 0.2) is 0 Å². The van der Waals surface area contributed by atoms with E-state index in [1.165, 1.54) is 0 Å². The van der Waals surface area contributed by atoms with Crippen LogP contribution in [-0.4, -0.2) is 39.9 Å². The Labute approximate surface area is 135 Å². The van der Waals surface area contributed by atoms with Crippen LogP contribution in [0.4, 0.5) is 0 Å². The number of aliphatic hydroxyl groups is 1. The maximum absolute atomic E-state index is 11.4. The van der Waals surface area contributed by atoms with Crippen molar-refractivity contribution in [1.29, 1.82) is 0 Å². The number of β-amino-alcohol motifs (C(OH)–C–C–N with tert-alkyl or cyclic N) is 1. The van der Waals surface area contributed by atoms with Crippen molar-refractivity contribution < 1.29 is 9.84 Å². The third-order valence-electron chi connectivity index (χ3n) is 3.15. The second kappa shape index (κ2) is 7.17. The first-order valence-electron chi connectivity index (χ1n) is 7.04. The number of fused-ring (bicyclic) bond motifs is 1. The van der Waals surface area contributed by atoms with Crippen LogP contribution in [0.15, 0.2) is 16.9 Å². The molecule has 2 aromatic rings. The van der Waals surface area contributed by atoms with E-state index in [0.29, 0.717) is 17.8 Å². The Balaban J connectivity index is 0.00000242. The Morgan fingerprint density at radius 1 is 1.27 bits per heavy atom. The molecule has 0 aliphatic heterocycles. The molecule has 2 rings (SSSR count). The maximum Gasteiger partial charge on any atom is 0.323 e. The third kappa shape index (κ3) is 4.76. The zero-order chi connectivity index (χ0) is 15.6. The number of halogens is 1. The normalized spacial score (nSPS) is 13.0. The molecule has 1 unspecified atom stereocenters. The van der Waals surface area contributed by atoms with E-state index in [1.54, 1.807) is 6.07 Å². The maximum atomic E-state index is 11.4. The van der Waals surface area contributed by atoms with Crippen LogP contribution in [0.1, 0.15) is 26.3 Å². The Morgan fingerprint density at radius 2 is 1.91 bits per heavy atom. The standard InChI is InChI=1S/C15H23N3O3.ClH/c1-9-5-6-11(13-12(9)17-14(20)18-13)21-8-10(19)7-16-15(2,3)4;/h5-6,10,16,19H,7-8H2,1-4H3,(H2,17,18,20);1H. The minimum Gasteiger partial charge on any atom is -0.489 e. The summed E-state index contributed by atoms with van der Waals surface area (Å²) >= 11 is 0. The van der Waals surface area contributed by atoms with Gasteiger partial charge in [-0.2, -0.15) is 0 Å². The van der Waals surface area contributed by atoms with Gasteiger partial charge in [-0.25, -0.2) is 4.79 Å². The summed E-state index contributed by atoms with van der Waals surface area (Å²) in [6.07, 6.45) is -0.619. The fourth-order valence-corrected chi connectivity index (χ4v) is 2.02. The van der Waals surface area contributed by atoms with Crippen LogP contribution >= 0.6 is 12.4 Å². The molecule has 0 bridgehead atoms. The molecule has 0 aliphatic rings. The lowest BCUT2D eigenvalue weighted by Crippen LogP contribution is -2.42. The first-order valence-corrected chi connectivity index (χ1v) is 7.04. The van der Waals surface area contributed by atoms with Crippen molar-refractivity contribution in [2.24, 2.45) is 0 Å². The predicted octanol–water partition coefficient (Wildman–Crippen LogP) is 1.71. The molecule has 0 saturated carbocycles. The van der Waals surface area contributed by atoms with Gasteiger partial charge < -0.3 is 25.1 Å². The second-order valence-electron chi connectivity index (χ2n) is 6.31. The Bertz CT molecular complexity index is 673. The molecule has 7 heteroatoms. The number of aliphatic hydroxyl groups excluding tert-OH is 1. The largest absolute Gasteiger partial charge is 0.489 e. The fraction of sp³-hybridized carbons (Fsp3) is 0.533. The smallest absolute Gasteiger partial charge is 0.323 e. The zero-order valence-electron chi connectivity index (χ0n) is 13.3. The monoisotopic (exact) mass is 329 g/mol. The van der Waals surface area contributed by atoms with Gasteiger partial charge in [0, 0.05) is 12.1 Å². The highest BCUT2D eigenvalue weighted by molar-refractivity contribution is 5.85. The average Bonchev–Trinajstić information content (AvgIpc) is 2.77. The fourth-order valence-electron chi connectivity index (χ4n) is 2.02. The summed E-state index contributed by atoms with van der Waals surface area (Å²) in [5, 5.41) is 13.2. The Morgan fingerprint density at radius 3 is 2.55 bits per heavy atom. The number of H-pyrrole nitrogens is 2. The molecule has 22 heavy (non-hydrogen) atoms.